The van der Waals surface area contributed by atoms with E-state index in [4.69, 9.17) is 11.6 Å². The summed E-state index contributed by atoms with van der Waals surface area (Å²) in [6, 6.07) is 9.01. The van der Waals surface area contributed by atoms with Crippen LogP contribution in [0.25, 0.3) is 0 Å². The van der Waals surface area contributed by atoms with Crippen LogP contribution in [0.5, 0.6) is 0 Å². The standard InChI is InChI=1S/C11H13ClO2S/c1-2-11(15(13,14)9-8-12)10-6-4-3-5-7-10/h2-7,11H,1,8-9H2. The third-order valence-electron chi connectivity index (χ3n) is 2.09. The van der Waals surface area contributed by atoms with Gasteiger partial charge >= 0.3 is 0 Å². The van der Waals surface area contributed by atoms with Crippen LogP contribution in [-0.4, -0.2) is 20.1 Å². The van der Waals surface area contributed by atoms with Crippen LogP contribution < -0.4 is 0 Å². The molecule has 2 nitrogen and oxygen atoms in total. The first-order valence-corrected chi connectivity index (χ1v) is 6.82. The first-order chi connectivity index (χ1) is 7.11. The smallest absolute Gasteiger partial charge is 0.162 e. The summed E-state index contributed by atoms with van der Waals surface area (Å²) in [5, 5.41) is -0.655. The molecule has 0 aliphatic carbocycles. The summed E-state index contributed by atoms with van der Waals surface area (Å²) < 4.78 is 23.6. The second-order valence-corrected chi connectivity index (χ2v) is 5.74. The SMILES string of the molecule is C=CC(c1ccccc1)S(=O)(=O)CCCl. The third kappa shape index (κ3) is 3.08. The lowest BCUT2D eigenvalue weighted by Crippen LogP contribution is -2.15. The minimum atomic E-state index is -3.23. The Morgan fingerprint density at radius 3 is 2.40 bits per heavy atom. The van der Waals surface area contributed by atoms with Crippen molar-refractivity contribution in [3.05, 3.63) is 48.6 Å². The molecule has 4 heteroatoms. The molecule has 1 aromatic rings. The minimum absolute atomic E-state index is 0.0276. The molecule has 0 amide bonds. The molecule has 0 heterocycles. The fourth-order valence-corrected chi connectivity index (χ4v) is 3.35. The van der Waals surface area contributed by atoms with Crippen LogP contribution in [0.3, 0.4) is 0 Å². The van der Waals surface area contributed by atoms with Gasteiger partial charge in [0.15, 0.2) is 9.84 Å². The Labute approximate surface area is 95.5 Å². The summed E-state index contributed by atoms with van der Waals surface area (Å²) in [6.45, 7) is 3.56. The molecule has 1 unspecified atom stereocenters. The van der Waals surface area contributed by atoms with E-state index >= 15 is 0 Å². The Morgan fingerprint density at radius 1 is 1.33 bits per heavy atom. The molecule has 0 fully saturated rings. The average molecular weight is 245 g/mol. The zero-order valence-corrected chi connectivity index (χ0v) is 9.84. The summed E-state index contributed by atoms with van der Waals surface area (Å²) in [7, 11) is -3.23. The molecule has 1 aromatic carbocycles. The highest BCUT2D eigenvalue weighted by Gasteiger charge is 2.23. The minimum Gasteiger partial charge on any atom is -0.228 e. The molecule has 0 bridgehead atoms. The van der Waals surface area contributed by atoms with Crippen LogP contribution >= 0.6 is 11.6 Å². The molecule has 0 aromatic heterocycles. The number of hydrogen-bond acceptors (Lipinski definition) is 2. The zero-order valence-electron chi connectivity index (χ0n) is 8.27. The van der Waals surface area contributed by atoms with Crippen molar-refractivity contribution in [3.63, 3.8) is 0 Å². The monoisotopic (exact) mass is 244 g/mol. The number of hydrogen-bond donors (Lipinski definition) is 0. The highest BCUT2D eigenvalue weighted by Crippen LogP contribution is 2.23. The number of benzene rings is 1. The van der Waals surface area contributed by atoms with E-state index in [1.54, 1.807) is 12.1 Å². The first-order valence-electron chi connectivity index (χ1n) is 4.57. The topological polar surface area (TPSA) is 34.1 Å². The van der Waals surface area contributed by atoms with Gasteiger partial charge in [0.25, 0.3) is 0 Å². The molecular formula is C11H13ClO2S. The fraction of sp³-hybridized carbons (Fsp3) is 0.273. The molecule has 1 atom stereocenters. The Bertz CT molecular complexity index is 411. The molecule has 0 saturated carbocycles. The molecule has 0 radical (unpaired) electrons. The van der Waals surface area contributed by atoms with Crippen molar-refractivity contribution in [1.82, 2.24) is 0 Å². The second-order valence-electron chi connectivity index (χ2n) is 3.12. The summed E-state index contributed by atoms with van der Waals surface area (Å²) in [5.74, 6) is 0.0830. The summed E-state index contributed by atoms with van der Waals surface area (Å²) >= 11 is 5.46. The second kappa shape index (κ2) is 5.33. The van der Waals surface area contributed by atoms with Crippen LogP contribution in [0.1, 0.15) is 10.8 Å². The molecule has 0 N–H and O–H groups in total. The highest BCUT2D eigenvalue weighted by molar-refractivity contribution is 7.91. The van der Waals surface area contributed by atoms with Gasteiger partial charge in [0.05, 0.1) is 5.75 Å². The maximum atomic E-state index is 11.8. The van der Waals surface area contributed by atoms with E-state index in [0.717, 1.165) is 5.56 Å². The van der Waals surface area contributed by atoms with Crippen molar-refractivity contribution in [2.24, 2.45) is 0 Å². The Balaban J connectivity index is 3.05. The van der Waals surface area contributed by atoms with E-state index in [-0.39, 0.29) is 11.6 Å². The largest absolute Gasteiger partial charge is 0.228 e. The van der Waals surface area contributed by atoms with Gasteiger partial charge in [-0.1, -0.05) is 36.4 Å². The number of halogens is 1. The Kier molecular flexibility index (Phi) is 4.36. The van der Waals surface area contributed by atoms with E-state index in [1.165, 1.54) is 6.08 Å². The van der Waals surface area contributed by atoms with Gasteiger partial charge in [-0.3, -0.25) is 0 Å². The van der Waals surface area contributed by atoms with Crippen molar-refractivity contribution in [1.29, 1.82) is 0 Å². The van der Waals surface area contributed by atoms with Crippen molar-refractivity contribution in [2.45, 2.75) is 5.25 Å². The van der Waals surface area contributed by atoms with Gasteiger partial charge in [0, 0.05) is 5.88 Å². The number of rotatable bonds is 5. The molecule has 0 saturated heterocycles. The first kappa shape index (κ1) is 12.3. The highest BCUT2D eigenvalue weighted by atomic mass is 35.5. The summed E-state index contributed by atoms with van der Waals surface area (Å²) in [6.07, 6.45) is 1.44. The lowest BCUT2D eigenvalue weighted by Gasteiger charge is -2.12. The molecule has 0 aliphatic heterocycles. The quantitative estimate of drug-likeness (QED) is 0.589. The summed E-state index contributed by atoms with van der Waals surface area (Å²) in [5.41, 5.74) is 0.734. The van der Waals surface area contributed by atoms with Gasteiger partial charge in [-0.2, -0.15) is 0 Å². The van der Waals surface area contributed by atoms with Crippen LogP contribution in [0.15, 0.2) is 43.0 Å². The lowest BCUT2D eigenvalue weighted by atomic mass is 10.1. The predicted octanol–water partition coefficient (Wildman–Crippen LogP) is 2.57. The van der Waals surface area contributed by atoms with Gasteiger partial charge in [-0.05, 0) is 5.56 Å². The van der Waals surface area contributed by atoms with Crippen LogP contribution in [-0.2, 0) is 9.84 Å². The van der Waals surface area contributed by atoms with Gasteiger partial charge in [-0.15, -0.1) is 18.2 Å². The van der Waals surface area contributed by atoms with Gasteiger partial charge < -0.3 is 0 Å². The van der Waals surface area contributed by atoms with E-state index in [2.05, 4.69) is 6.58 Å². The van der Waals surface area contributed by atoms with E-state index in [1.807, 2.05) is 18.2 Å². The average Bonchev–Trinajstić information content (AvgIpc) is 2.19. The maximum Gasteiger partial charge on any atom is 0.162 e. The number of alkyl halides is 1. The predicted molar refractivity (Wildman–Crippen MR) is 63.9 cm³/mol. The molecule has 82 valence electrons. The van der Waals surface area contributed by atoms with Crippen LogP contribution in [0, 0.1) is 0 Å². The van der Waals surface area contributed by atoms with E-state index in [0.29, 0.717) is 0 Å². The van der Waals surface area contributed by atoms with Crippen molar-refractivity contribution >= 4 is 21.4 Å². The third-order valence-corrected chi connectivity index (χ3v) is 4.52. The molecule has 0 aliphatic rings. The van der Waals surface area contributed by atoms with Crippen molar-refractivity contribution < 1.29 is 8.42 Å². The fourth-order valence-electron chi connectivity index (χ4n) is 1.37. The lowest BCUT2D eigenvalue weighted by molar-refractivity contribution is 0.592. The molecule has 15 heavy (non-hydrogen) atoms. The van der Waals surface area contributed by atoms with Crippen molar-refractivity contribution in [3.8, 4) is 0 Å². The molecule has 0 spiro atoms. The maximum absolute atomic E-state index is 11.8. The van der Waals surface area contributed by atoms with E-state index in [9.17, 15) is 8.42 Å². The van der Waals surface area contributed by atoms with Crippen LogP contribution in [0.4, 0.5) is 0 Å². The van der Waals surface area contributed by atoms with E-state index < -0.39 is 15.1 Å². The van der Waals surface area contributed by atoms with Gasteiger partial charge in [-0.25, -0.2) is 8.42 Å². The van der Waals surface area contributed by atoms with Crippen LogP contribution in [0.2, 0.25) is 0 Å². The van der Waals surface area contributed by atoms with Crippen molar-refractivity contribution in [2.75, 3.05) is 11.6 Å². The normalized spacial score (nSPS) is 13.4. The summed E-state index contributed by atoms with van der Waals surface area (Å²) in [4.78, 5) is 0. The zero-order chi connectivity index (χ0) is 11.3. The Morgan fingerprint density at radius 2 is 1.93 bits per heavy atom. The van der Waals surface area contributed by atoms with Gasteiger partial charge in [0.1, 0.15) is 5.25 Å². The molecular weight excluding hydrogens is 232 g/mol. The van der Waals surface area contributed by atoms with Gasteiger partial charge in [0.2, 0.25) is 0 Å². The Hall–Kier alpha value is -0.800. The number of sulfone groups is 1. The molecule has 1 rings (SSSR count).